The molecule has 1 fully saturated rings. The third-order valence-electron chi connectivity index (χ3n) is 3.64. The minimum Gasteiger partial charge on any atom is -0.328 e. The van der Waals surface area contributed by atoms with Gasteiger partial charge in [-0.2, -0.15) is 0 Å². The van der Waals surface area contributed by atoms with Crippen molar-refractivity contribution in [3.63, 3.8) is 0 Å². The van der Waals surface area contributed by atoms with Gasteiger partial charge in [-0.15, -0.1) is 0 Å². The van der Waals surface area contributed by atoms with E-state index in [1.165, 1.54) is 29.4 Å². The molecule has 2 nitrogen and oxygen atoms in total. The summed E-state index contributed by atoms with van der Waals surface area (Å²) in [7, 11) is 0. The zero-order valence-electron chi connectivity index (χ0n) is 10.4. The number of nitrogens with two attached hydrogens (primary N) is 1. The van der Waals surface area contributed by atoms with E-state index in [4.69, 9.17) is 5.73 Å². The van der Waals surface area contributed by atoms with Crippen molar-refractivity contribution in [3.8, 4) is 0 Å². The van der Waals surface area contributed by atoms with Gasteiger partial charge in [-0.1, -0.05) is 34.1 Å². The van der Waals surface area contributed by atoms with Crippen LogP contribution in [-0.4, -0.2) is 24.0 Å². The van der Waals surface area contributed by atoms with Crippen LogP contribution in [0.5, 0.6) is 0 Å². The molecule has 0 bridgehead atoms. The summed E-state index contributed by atoms with van der Waals surface area (Å²) in [5.41, 5.74) is 7.39. The first-order valence-corrected chi connectivity index (χ1v) is 7.17. The van der Waals surface area contributed by atoms with E-state index in [0.29, 0.717) is 12.0 Å². The molecule has 0 spiro atoms. The maximum atomic E-state index is 6.02. The SMILES string of the molecule is CC(N)C1CCCN(Cc2ccccc2Br)C1. The van der Waals surface area contributed by atoms with Crippen LogP contribution in [0.25, 0.3) is 0 Å². The fraction of sp³-hybridized carbons (Fsp3) is 0.571. The molecule has 2 atom stereocenters. The van der Waals surface area contributed by atoms with E-state index in [1.54, 1.807) is 0 Å². The topological polar surface area (TPSA) is 29.3 Å². The summed E-state index contributed by atoms with van der Waals surface area (Å²) in [5.74, 6) is 0.659. The maximum absolute atomic E-state index is 6.02. The quantitative estimate of drug-likeness (QED) is 0.929. The average molecular weight is 297 g/mol. The van der Waals surface area contributed by atoms with Crippen molar-refractivity contribution in [1.82, 2.24) is 4.90 Å². The standard InChI is InChI=1S/C14H21BrN2/c1-11(16)12-6-4-8-17(9-12)10-13-5-2-3-7-14(13)15/h2-3,5,7,11-12H,4,6,8-10,16H2,1H3. The molecule has 94 valence electrons. The number of hydrogen-bond acceptors (Lipinski definition) is 2. The van der Waals surface area contributed by atoms with Crippen LogP contribution in [0, 0.1) is 5.92 Å². The fourth-order valence-corrected chi connectivity index (χ4v) is 2.94. The van der Waals surface area contributed by atoms with Crippen LogP contribution in [0.2, 0.25) is 0 Å². The molecule has 1 aliphatic heterocycles. The van der Waals surface area contributed by atoms with Gasteiger partial charge in [0.25, 0.3) is 0 Å². The first-order chi connectivity index (χ1) is 8.16. The molecule has 0 radical (unpaired) electrons. The minimum atomic E-state index is 0.317. The molecular weight excluding hydrogens is 276 g/mol. The molecule has 1 saturated heterocycles. The highest BCUT2D eigenvalue weighted by molar-refractivity contribution is 9.10. The molecule has 2 rings (SSSR count). The van der Waals surface area contributed by atoms with Crippen molar-refractivity contribution >= 4 is 15.9 Å². The van der Waals surface area contributed by atoms with Gasteiger partial charge in [-0.3, -0.25) is 4.90 Å². The molecule has 1 aliphatic rings. The second-order valence-electron chi connectivity index (χ2n) is 5.09. The third-order valence-corrected chi connectivity index (χ3v) is 4.41. The molecule has 0 aromatic heterocycles. The average Bonchev–Trinajstić information content (AvgIpc) is 2.32. The molecule has 0 aliphatic carbocycles. The van der Waals surface area contributed by atoms with E-state index in [2.05, 4.69) is 52.0 Å². The molecule has 3 heteroatoms. The predicted molar refractivity (Wildman–Crippen MR) is 75.8 cm³/mol. The summed E-state index contributed by atoms with van der Waals surface area (Å²) in [4.78, 5) is 2.53. The van der Waals surface area contributed by atoms with Gasteiger partial charge in [-0.05, 0) is 43.9 Å². The van der Waals surface area contributed by atoms with Crippen LogP contribution in [0.4, 0.5) is 0 Å². The molecule has 1 aromatic carbocycles. The third kappa shape index (κ3) is 3.54. The summed E-state index contributed by atoms with van der Waals surface area (Å²) in [6, 6.07) is 8.79. The Labute approximate surface area is 112 Å². The normalized spacial score (nSPS) is 23.6. The summed E-state index contributed by atoms with van der Waals surface area (Å²) < 4.78 is 1.21. The molecule has 0 saturated carbocycles. The summed E-state index contributed by atoms with van der Waals surface area (Å²) in [6.07, 6.45) is 2.56. The second kappa shape index (κ2) is 5.98. The van der Waals surface area contributed by atoms with Gasteiger partial charge in [0.15, 0.2) is 0 Å². The monoisotopic (exact) mass is 296 g/mol. The van der Waals surface area contributed by atoms with E-state index in [0.717, 1.165) is 13.1 Å². The second-order valence-corrected chi connectivity index (χ2v) is 5.94. The number of halogens is 1. The Balaban J connectivity index is 1.97. The van der Waals surface area contributed by atoms with E-state index >= 15 is 0 Å². The number of likely N-dealkylation sites (tertiary alicyclic amines) is 1. The van der Waals surface area contributed by atoms with Gasteiger partial charge < -0.3 is 5.73 Å². The van der Waals surface area contributed by atoms with Gasteiger partial charge in [0.1, 0.15) is 0 Å². The van der Waals surface area contributed by atoms with E-state index in [-0.39, 0.29) is 0 Å². The fourth-order valence-electron chi connectivity index (χ4n) is 2.53. The van der Waals surface area contributed by atoms with Crippen LogP contribution in [-0.2, 0) is 6.54 Å². The highest BCUT2D eigenvalue weighted by Gasteiger charge is 2.22. The van der Waals surface area contributed by atoms with Crippen molar-refractivity contribution < 1.29 is 0 Å². The number of rotatable bonds is 3. The predicted octanol–water partition coefficient (Wildman–Crippen LogP) is 3.01. The molecule has 0 amide bonds. The summed E-state index contributed by atoms with van der Waals surface area (Å²) >= 11 is 3.62. The zero-order valence-corrected chi connectivity index (χ0v) is 12.0. The van der Waals surface area contributed by atoms with Crippen LogP contribution < -0.4 is 5.73 Å². The minimum absolute atomic E-state index is 0.317. The summed E-state index contributed by atoms with van der Waals surface area (Å²) in [6.45, 7) is 5.50. The first kappa shape index (κ1) is 13.1. The molecular formula is C14H21BrN2. The lowest BCUT2D eigenvalue weighted by molar-refractivity contribution is 0.154. The molecule has 1 heterocycles. The van der Waals surface area contributed by atoms with E-state index < -0.39 is 0 Å². The Morgan fingerprint density at radius 1 is 1.47 bits per heavy atom. The van der Waals surface area contributed by atoms with Crippen molar-refractivity contribution in [3.05, 3.63) is 34.3 Å². The number of benzene rings is 1. The van der Waals surface area contributed by atoms with Crippen LogP contribution in [0.1, 0.15) is 25.3 Å². The van der Waals surface area contributed by atoms with Gasteiger partial charge in [0.05, 0.1) is 0 Å². The van der Waals surface area contributed by atoms with Crippen molar-refractivity contribution in [2.75, 3.05) is 13.1 Å². The van der Waals surface area contributed by atoms with Crippen LogP contribution >= 0.6 is 15.9 Å². The number of hydrogen-bond donors (Lipinski definition) is 1. The van der Waals surface area contributed by atoms with Crippen LogP contribution in [0.15, 0.2) is 28.7 Å². The highest BCUT2D eigenvalue weighted by Crippen LogP contribution is 2.23. The van der Waals surface area contributed by atoms with E-state index in [1.807, 2.05) is 0 Å². The van der Waals surface area contributed by atoms with Crippen molar-refractivity contribution in [1.29, 1.82) is 0 Å². The van der Waals surface area contributed by atoms with Gasteiger partial charge in [0.2, 0.25) is 0 Å². The van der Waals surface area contributed by atoms with Crippen LogP contribution in [0.3, 0.4) is 0 Å². The highest BCUT2D eigenvalue weighted by atomic mass is 79.9. The Bertz CT molecular complexity index is 365. The Morgan fingerprint density at radius 2 is 2.24 bits per heavy atom. The van der Waals surface area contributed by atoms with Gasteiger partial charge in [-0.25, -0.2) is 0 Å². The molecule has 17 heavy (non-hydrogen) atoms. The van der Waals surface area contributed by atoms with Crippen molar-refractivity contribution in [2.45, 2.75) is 32.4 Å². The molecule has 2 unspecified atom stereocenters. The lowest BCUT2D eigenvalue weighted by Crippen LogP contribution is -2.41. The zero-order chi connectivity index (χ0) is 12.3. The van der Waals surface area contributed by atoms with Gasteiger partial charge in [0, 0.05) is 23.6 Å². The molecule has 1 aromatic rings. The lowest BCUT2D eigenvalue weighted by atomic mass is 9.92. The smallest absolute Gasteiger partial charge is 0.0245 e. The maximum Gasteiger partial charge on any atom is 0.0245 e. The largest absolute Gasteiger partial charge is 0.328 e. The summed E-state index contributed by atoms with van der Waals surface area (Å²) in [5, 5.41) is 0. The Kier molecular flexibility index (Phi) is 4.60. The van der Waals surface area contributed by atoms with Gasteiger partial charge >= 0.3 is 0 Å². The lowest BCUT2D eigenvalue weighted by Gasteiger charge is -2.34. The Morgan fingerprint density at radius 3 is 2.94 bits per heavy atom. The van der Waals surface area contributed by atoms with E-state index in [9.17, 15) is 0 Å². The first-order valence-electron chi connectivity index (χ1n) is 6.38. The van der Waals surface area contributed by atoms with Crippen molar-refractivity contribution in [2.24, 2.45) is 11.7 Å². The molecule has 2 N–H and O–H groups in total. The number of piperidine rings is 1. The Hall–Kier alpha value is -0.380. The number of nitrogens with zero attached hydrogens (tertiary/aromatic N) is 1.